The van der Waals surface area contributed by atoms with Crippen molar-refractivity contribution in [2.75, 3.05) is 10.2 Å². The number of carbonyl (C=O) groups is 2. The molecule has 3 aromatic carbocycles. The van der Waals surface area contributed by atoms with Crippen LogP contribution >= 0.6 is 11.6 Å². The smallest absolute Gasteiger partial charge is 0.282 e. The molecule has 4 nitrogen and oxygen atoms in total. The summed E-state index contributed by atoms with van der Waals surface area (Å²) in [5.74, 6) is -1.42. The number of aryl methyl sites for hydroxylation is 2. The predicted molar refractivity (Wildman–Crippen MR) is 117 cm³/mol. The largest absolute Gasteiger partial charge is 0.350 e. The van der Waals surface area contributed by atoms with E-state index in [-0.39, 0.29) is 11.3 Å². The minimum Gasteiger partial charge on any atom is -0.350 e. The Morgan fingerprint density at radius 1 is 0.900 bits per heavy atom. The van der Waals surface area contributed by atoms with Crippen molar-refractivity contribution in [2.45, 2.75) is 13.8 Å². The maximum atomic E-state index is 13.5. The molecule has 0 radical (unpaired) electrons. The highest BCUT2D eigenvalue weighted by Crippen LogP contribution is 2.35. The zero-order valence-corrected chi connectivity index (χ0v) is 17.1. The van der Waals surface area contributed by atoms with Crippen LogP contribution in [0, 0.1) is 19.7 Å². The van der Waals surface area contributed by atoms with Gasteiger partial charge in [-0.05, 0) is 66.9 Å². The monoisotopic (exact) mass is 420 g/mol. The fourth-order valence-electron chi connectivity index (χ4n) is 3.35. The molecule has 0 bridgehead atoms. The average molecular weight is 421 g/mol. The summed E-state index contributed by atoms with van der Waals surface area (Å²) in [5.41, 5.74) is 3.65. The molecule has 0 fully saturated rings. The molecule has 6 heteroatoms. The quantitative estimate of drug-likeness (QED) is 0.567. The summed E-state index contributed by atoms with van der Waals surface area (Å²) < 4.78 is 13.5. The van der Waals surface area contributed by atoms with Crippen molar-refractivity contribution in [1.29, 1.82) is 0 Å². The molecule has 0 saturated carbocycles. The molecule has 4 rings (SSSR count). The molecule has 2 amide bonds. The van der Waals surface area contributed by atoms with Crippen LogP contribution in [-0.4, -0.2) is 11.8 Å². The van der Waals surface area contributed by atoms with Crippen LogP contribution in [0.4, 0.5) is 15.8 Å². The Kier molecular flexibility index (Phi) is 5.14. The Labute approximate surface area is 178 Å². The SMILES string of the molecule is Cc1cccc(NC2=C(c3ccc(F)cc3)C(=O)N(c3ccc(C)c(Cl)c3)C2=O)c1. The fraction of sp³-hybridized carbons (Fsp3) is 0.0833. The Bertz CT molecular complexity index is 1200. The van der Waals surface area contributed by atoms with E-state index < -0.39 is 17.6 Å². The zero-order valence-electron chi connectivity index (χ0n) is 16.4. The molecule has 1 heterocycles. The number of nitrogens with one attached hydrogen (secondary N) is 1. The summed E-state index contributed by atoms with van der Waals surface area (Å²) in [5, 5.41) is 3.55. The first kappa shape index (κ1) is 19.9. The van der Waals surface area contributed by atoms with Gasteiger partial charge in [-0.1, -0.05) is 41.9 Å². The third-order valence-electron chi connectivity index (χ3n) is 4.92. The van der Waals surface area contributed by atoms with E-state index in [1.54, 1.807) is 18.2 Å². The first-order valence-electron chi connectivity index (χ1n) is 9.34. The maximum absolute atomic E-state index is 13.5. The second-order valence-electron chi connectivity index (χ2n) is 7.13. The van der Waals surface area contributed by atoms with Crippen molar-refractivity contribution in [3.63, 3.8) is 0 Å². The van der Waals surface area contributed by atoms with Crippen LogP contribution in [0.5, 0.6) is 0 Å². The highest BCUT2D eigenvalue weighted by Gasteiger charge is 2.40. The summed E-state index contributed by atoms with van der Waals surface area (Å²) in [6.45, 7) is 3.77. The zero-order chi connectivity index (χ0) is 21.4. The van der Waals surface area contributed by atoms with Crippen molar-refractivity contribution >= 4 is 40.4 Å². The maximum Gasteiger partial charge on any atom is 0.282 e. The van der Waals surface area contributed by atoms with Gasteiger partial charge in [-0.25, -0.2) is 9.29 Å². The number of hydrogen-bond donors (Lipinski definition) is 1. The highest BCUT2D eigenvalue weighted by molar-refractivity contribution is 6.46. The molecule has 0 spiro atoms. The summed E-state index contributed by atoms with van der Waals surface area (Å²) in [7, 11) is 0. The minimum atomic E-state index is -0.499. The van der Waals surface area contributed by atoms with Gasteiger partial charge >= 0.3 is 0 Å². The molecule has 0 atom stereocenters. The van der Waals surface area contributed by atoms with Gasteiger partial charge in [-0.15, -0.1) is 0 Å². The first-order chi connectivity index (χ1) is 14.3. The molecule has 150 valence electrons. The normalized spacial score (nSPS) is 13.9. The fourth-order valence-corrected chi connectivity index (χ4v) is 3.53. The van der Waals surface area contributed by atoms with E-state index in [1.807, 2.05) is 38.1 Å². The van der Waals surface area contributed by atoms with E-state index in [9.17, 15) is 14.0 Å². The molecule has 0 unspecified atom stereocenters. The molecule has 30 heavy (non-hydrogen) atoms. The van der Waals surface area contributed by atoms with Crippen LogP contribution < -0.4 is 10.2 Å². The molecule has 0 aromatic heterocycles. The van der Waals surface area contributed by atoms with E-state index in [0.717, 1.165) is 16.0 Å². The van der Waals surface area contributed by atoms with E-state index in [2.05, 4.69) is 5.32 Å². The van der Waals surface area contributed by atoms with Crippen molar-refractivity contribution in [2.24, 2.45) is 0 Å². The molecule has 1 N–H and O–H groups in total. The predicted octanol–water partition coefficient (Wildman–Crippen LogP) is 5.49. The average Bonchev–Trinajstić information content (AvgIpc) is 2.95. The van der Waals surface area contributed by atoms with Gasteiger partial charge in [0.1, 0.15) is 11.5 Å². The lowest BCUT2D eigenvalue weighted by Crippen LogP contribution is -2.32. The number of halogens is 2. The summed E-state index contributed by atoms with van der Waals surface area (Å²) in [6, 6.07) is 18.0. The number of rotatable bonds is 4. The topological polar surface area (TPSA) is 49.4 Å². The van der Waals surface area contributed by atoms with Gasteiger partial charge in [0.05, 0.1) is 11.3 Å². The molecule has 3 aromatic rings. The Morgan fingerprint density at radius 3 is 2.30 bits per heavy atom. The van der Waals surface area contributed by atoms with E-state index in [0.29, 0.717) is 22.0 Å². The molecule has 1 aliphatic rings. The first-order valence-corrected chi connectivity index (χ1v) is 9.72. The second-order valence-corrected chi connectivity index (χ2v) is 7.54. The van der Waals surface area contributed by atoms with Gasteiger partial charge in [-0.3, -0.25) is 9.59 Å². The number of carbonyl (C=O) groups excluding carboxylic acids is 2. The van der Waals surface area contributed by atoms with Crippen molar-refractivity contribution in [3.05, 3.63) is 100.0 Å². The van der Waals surface area contributed by atoms with Gasteiger partial charge in [-0.2, -0.15) is 0 Å². The van der Waals surface area contributed by atoms with E-state index in [4.69, 9.17) is 11.6 Å². The number of nitrogens with zero attached hydrogens (tertiary/aromatic N) is 1. The number of anilines is 2. The van der Waals surface area contributed by atoms with Gasteiger partial charge < -0.3 is 5.32 Å². The van der Waals surface area contributed by atoms with E-state index in [1.165, 1.54) is 24.3 Å². The molecule has 1 aliphatic heterocycles. The van der Waals surface area contributed by atoms with Gasteiger partial charge in [0.2, 0.25) is 0 Å². The van der Waals surface area contributed by atoms with Crippen molar-refractivity contribution < 1.29 is 14.0 Å². The van der Waals surface area contributed by atoms with Gasteiger partial charge in [0.25, 0.3) is 11.8 Å². The number of imide groups is 1. The Morgan fingerprint density at radius 2 is 1.63 bits per heavy atom. The van der Waals surface area contributed by atoms with Crippen LogP contribution in [0.2, 0.25) is 5.02 Å². The lowest BCUT2D eigenvalue weighted by molar-refractivity contribution is -0.120. The van der Waals surface area contributed by atoms with Crippen LogP contribution in [0.1, 0.15) is 16.7 Å². The number of hydrogen-bond acceptors (Lipinski definition) is 3. The summed E-state index contributed by atoms with van der Waals surface area (Å²) in [4.78, 5) is 27.7. The summed E-state index contributed by atoms with van der Waals surface area (Å²) >= 11 is 6.22. The molecular weight excluding hydrogens is 403 g/mol. The van der Waals surface area contributed by atoms with Crippen LogP contribution in [0.15, 0.2) is 72.4 Å². The third-order valence-corrected chi connectivity index (χ3v) is 5.33. The Balaban J connectivity index is 1.83. The highest BCUT2D eigenvalue weighted by atomic mass is 35.5. The van der Waals surface area contributed by atoms with Crippen LogP contribution in [0.25, 0.3) is 5.57 Å². The minimum absolute atomic E-state index is 0.133. The molecule has 0 saturated heterocycles. The van der Waals surface area contributed by atoms with Gasteiger partial charge in [0, 0.05) is 10.7 Å². The Hall–Kier alpha value is -3.44. The summed E-state index contributed by atoms with van der Waals surface area (Å²) in [6.07, 6.45) is 0. The van der Waals surface area contributed by atoms with E-state index >= 15 is 0 Å². The lowest BCUT2D eigenvalue weighted by Gasteiger charge is -2.16. The molecule has 0 aliphatic carbocycles. The standard InChI is InChI=1S/C24H18ClFN2O2/c1-14-4-3-5-18(12-14)27-22-21(16-7-9-17(26)10-8-16)23(29)28(24(22)30)19-11-6-15(2)20(25)13-19/h3-13,27H,1-2H3. The van der Waals surface area contributed by atoms with Crippen molar-refractivity contribution in [3.8, 4) is 0 Å². The third kappa shape index (κ3) is 3.60. The molecular formula is C24H18ClFN2O2. The van der Waals surface area contributed by atoms with Crippen LogP contribution in [0.3, 0.4) is 0 Å². The van der Waals surface area contributed by atoms with Crippen molar-refractivity contribution in [1.82, 2.24) is 0 Å². The second kappa shape index (κ2) is 7.76. The van der Waals surface area contributed by atoms with Crippen LogP contribution in [-0.2, 0) is 9.59 Å². The van der Waals surface area contributed by atoms with Gasteiger partial charge in [0.15, 0.2) is 0 Å². The number of amides is 2. The number of benzene rings is 3. The lowest BCUT2D eigenvalue weighted by atomic mass is 10.0.